The fourth-order valence-electron chi connectivity index (χ4n) is 1.36. The Kier molecular flexibility index (Phi) is 5.43. The van der Waals surface area contributed by atoms with Gasteiger partial charge in [-0.25, -0.2) is 13.1 Å². The molecule has 0 aliphatic heterocycles. The lowest BCUT2D eigenvalue weighted by Gasteiger charge is -2.05. The molecule has 92 valence electrons. The van der Waals surface area contributed by atoms with Gasteiger partial charge in [0, 0.05) is 11.4 Å². The van der Waals surface area contributed by atoms with E-state index in [0.29, 0.717) is 11.4 Å². The van der Waals surface area contributed by atoms with Gasteiger partial charge in [-0.15, -0.1) is 11.3 Å². The maximum atomic E-state index is 11.9. The first-order chi connectivity index (χ1) is 7.47. The van der Waals surface area contributed by atoms with Gasteiger partial charge < -0.3 is 0 Å². The third-order valence-corrected chi connectivity index (χ3v) is 5.47. The summed E-state index contributed by atoms with van der Waals surface area (Å²) in [4.78, 5) is 1.20. The SMILES string of the molecule is CCCCCNS(=O)(=O)c1cc(Br)sc1C. The molecule has 1 N–H and O–H groups in total. The van der Waals surface area contributed by atoms with Crippen LogP contribution in [0.5, 0.6) is 0 Å². The maximum absolute atomic E-state index is 11.9. The number of unbranched alkanes of at least 4 members (excludes halogenated alkanes) is 2. The quantitative estimate of drug-likeness (QED) is 0.816. The summed E-state index contributed by atoms with van der Waals surface area (Å²) in [6.45, 7) is 4.42. The number of thiophene rings is 1. The fourth-order valence-corrected chi connectivity index (χ4v) is 4.84. The summed E-state index contributed by atoms with van der Waals surface area (Å²) in [6, 6.07) is 1.65. The molecule has 1 aromatic rings. The highest BCUT2D eigenvalue weighted by atomic mass is 79.9. The monoisotopic (exact) mass is 325 g/mol. The Labute approximate surface area is 109 Å². The molecule has 0 aliphatic carbocycles. The summed E-state index contributed by atoms with van der Waals surface area (Å²) in [5.41, 5.74) is 0. The highest BCUT2D eigenvalue weighted by Gasteiger charge is 2.18. The van der Waals surface area contributed by atoms with Crippen LogP contribution in [0, 0.1) is 6.92 Å². The van der Waals surface area contributed by atoms with E-state index in [9.17, 15) is 8.42 Å². The zero-order valence-electron chi connectivity index (χ0n) is 9.42. The molecule has 16 heavy (non-hydrogen) atoms. The molecule has 0 amide bonds. The number of aryl methyl sites for hydroxylation is 1. The van der Waals surface area contributed by atoms with Crippen LogP contribution in [0.4, 0.5) is 0 Å². The number of sulfonamides is 1. The van der Waals surface area contributed by atoms with Crippen LogP contribution < -0.4 is 4.72 Å². The molecule has 6 heteroatoms. The molecule has 0 fully saturated rings. The van der Waals surface area contributed by atoms with Gasteiger partial charge in [-0.2, -0.15) is 0 Å². The second-order valence-electron chi connectivity index (χ2n) is 3.58. The molecule has 0 aromatic carbocycles. The fraction of sp³-hybridized carbons (Fsp3) is 0.600. The van der Waals surface area contributed by atoms with Crippen molar-refractivity contribution in [2.24, 2.45) is 0 Å². The van der Waals surface area contributed by atoms with E-state index in [1.807, 2.05) is 6.92 Å². The van der Waals surface area contributed by atoms with Gasteiger partial charge in [-0.1, -0.05) is 19.8 Å². The molecular weight excluding hydrogens is 310 g/mol. The van der Waals surface area contributed by atoms with Gasteiger partial charge >= 0.3 is 0 Å². The van der Waals surface area contributed by atoms with Crippen molar-refractivity contribution >= 4 is 37.3 Å². The highest BCUT2D eigenvalue weighted by Crippen LogP contribution is 2.29. The Morgan fingerprint density at radius 1 is 1.44 bits per heavy atom. The van der Waals surface area contributed by atoms with E-state index in [0.717, 1.165) is 27.9 Å². The van der Waals surface area contributed by atoms with Crippen LogP contribution in [-0.2, 0) is 10.0 Å². The van der Waals surface area contributed by atoms with E-state index < -0.39 is 10.0 Å². The van der Waals surface area contributed by atoms with E-state index in [2.05, 4.69) is 27.6 Å². The van der Waals surface area contributed by atoms with Crippen LogP contribution in [0.2, 0.25) is 0 Å². The molecule has 0 bridgehead atoms. The number of nitrogens with one attached hydrogen (secondary N) is 1. The van der Waals surface area contributed by atoms with Crippen molar-refractivity contribution in [1.29, 1.82) is 0 Å². The van der Waals surface area contributed by atoms with Crippen molar-refractivity contribution in [3.63, 3.8) is 0 Å². The molecule has 1 heterocycles. The summed E-state index contributed by atoms with van der Waals surface area (Å²) in [5, 5.41) is 0. The van der Waals surface area contributed by atoms with Crippen molar-refractivity contribution in [3.8, 4) is 0 Å². The van der Waals surface area contributed by atoms with E-state index in [-0.39, 0.29) is 0 Å². The average molecular weight is 326 g/mol. The van der Waals surface area contributed by atoms with Gasteiger partial charge in [0.05, 0.1) is 8.68 Å². The minimum absolute atomic E-state index is 0.390. The first-order valence-corrected chi connectivity index (χ1v) is 8.32. The zero-order chi connectivity index (χ0) is 12.2. The van der Waals surface area contributed by atoms with Crippen molar-refractivity contribution in [1.82, 2.24) is 4.72 Å². The highest BCUT2D eigenvalue weighted by molar-refractivity contribution is 9.11. The van der Waals surface area contributed by atoms with Crippen molar-refractivity contribution < 1.29 is 8.42 Å². The van der Waals surface area contributed by atoms with Crippen LogP contribution in [0.3, 0.4) is 0 Å². The summed E-state index contributed by atoms with van der Waals surface area (Å²) < 4.78 is 27.3. The van der Waals surface area contributed by atoms with Crippen LogP contribution in [0.15, 0.2) is 14.7 Å². The van der Waals surface area contributed by atoms with Gasteiger partial charge in [0.2, 0.25) is 10.0 Å². The largest absolute Gasteiger partial charge is 0.241 e. The van der Waals surface area contributed by atoms with E-state index >= 15 is 0 Å². The van der Waals surface area contributed by atoms with Crippen molar-refractivity contribution in [2.45, 2.75) is 38.0 Å². The predicted octanol–water partition coefficient (Wildman–Crippen LogP) is 3.29. The van der Waals surface area contributed by atoms with Crippen LogP contribution >= 0.6 is 27.3 Å². The summed E-state index contributed by atoms with van der Waals surface area (Å²) in [6.07, 6.45) is 3.03. The van der Waals surface area contributed by atoms with E-state index in [1.54, 1.807) is 6.07 Å². The Hall–Kier alpha value is 0.0900. The predicted molar refractivity (Wildman–Crippen MR) is 71.5 cm³/mol. The van der Waals surface area contributed by atoms with Crippen molar-refractivity contribution in [3.05, 3.63) is 14.7 Å². The lowest BCUT2D eigenvalue weighted by atomic mass is 10.3. The van der Waals surface area contributed by atoms with E-state index in [1.165, 1.54) is 11.3 Å². The van der Waals surface area contributed by atoms with Gasteiger partial charge in [0.25, 0.3) is 0 Å². The first kappa shape index (κ1) is 14.2. The minimum atomic E-state index is -3.32. The topological polar surface area (TPSA) is 46.2 Å². The Bertz CT molecular complexity index is 440. The number of hydrogen-bond donors (Lipinski definition) is 1. The number of hydrogen-bond acceptors (Lipinski definition) is 3. The number of halogens is 1. The molecule has 0 spiro atoms. The normalized spacial score (nSPS) is 11.9. The second-order valence-corrected chi connectivity index (χ2v) is 7.95. The third-order valence-electron chi connectivity index (χ3n) is 2.20. The molecule has 0 unspecified atom stereocenters. The second kappa shape index (κ2) is 6.14. The molecule has 1 aromatic heterocycles. The maximum Gasteiger partial charge on any atom is 0.241 e. The molecule has 0 saturated heterocycles. The van der Waals surface area contributed by atoms with Gasteiger partial charge in [-0.05, 0) is 35.3 Å². The van der Waals surface area contributed by atoms with Gasteiger partial charge in [0.15, 0.2) is 0 Å². The van der Waals surface area contributed by atoms with Crippen LogP contribution in [0.1, 0.15) is 31.1 Å². The Balaban J connectivity index is 2.67. The molecule has 0 radical (unpaired) electrons. The Morgan fingerprint density at radius 2 is 2.12 bits per heavy atom. The molecule has 0 aliphatic rings. The smallest absolute Gasteiger partial charge is 0.211 e. The summed E-state index contributed by atoms with van der Waals surface area (Å²) in [7, 11) is -3.32. The lowest BCUT2D eigenvalue weighted by Crippen LogP contribution is -2.24. The Morgan fingerprint density at radius 3 is 2.62 bits per heavy atom. The standard InChI is InChI=1S/C10H16BrNO2S2/c1-3-4-5-6-12-16(13,14)9-7-10(11)15-8(9)2/h7,12H,3-6H2,1-2H3. The summed E-state index contributed by atoms with van der Waals surface area (Å²) >= 11 is 4.73. The molecule has 0 atom stereocenters. The number of rotatable bonds is 6. The van der Waals surface area contributed by atoms with Crippen molar-refractivity contribution in [2.75, 3.05) is 6.54 Å². The first-order valence-electron chi connectivity index (χ1n) is 5.23. The third kappa shape index (κ3) is 3.84. The van der Waals surface area contributed by atoms with Crippen LogP contribution in [0.25, 0.3) is 0 Å². The van der Waals surface area contributed by atoms with Gasteiger partial charge in [0.1, 0.15) is 0 Å². The minimum Gasteiger partial charge on any atom is -0.211 e. The van der Waals surface area contributed by atoms with Crippen LogP contribution in [-0.4, -0.2) is 15.0 Å². The van der Waals surface area contributed by atoms with E-state index in [4.69, 9.17) is 0 Å². The lowest BCUT2D eigenvalue weighted by molar-refractivity contribution is 0.576. The van der Waals surface area contributed by atoms with Gasteiger partial charge in [-0.3, -0.25) is 0 Å². The molecule has 3 nitrogen and oxygen atoms in total. The molecular formula is C10H16BrNO2S2. The summed E-state index contributed by atoms with van der Waals surface area (Å²) in [5.74, 6) is 0. The average Bonchev–Trinajstić information content (AvgIpc) is 2.53. The molecule has 1 rings (SSSR count). The zero-order valence-corrected chi connectivity index (χ0v) is 12.6. The molecule has 0 saturated carbocycles.